The third-order valence-electron chi connectivity index (χ3n) is 4.31. The number of aromatic amines is 1. The summed E-state index contributed by atoms with van der Waals surface area (Å²) in [5.74, 6) is -0.0181. The van der Waals surface area contributed by atoms with Gasteiger partial charge in [0.05, 0.1) is 18.8 Å². The molecule has 1 N–H and O–H groups in total. The van der Waals surface area contributed by atoms with Crippen molar-refractivity contribution in [3.05, 3.63) is 60.6 Å². The van der Waals surface area contributed by atoms with Gasteiger partial charge < -0.3 is 14.4 Å². The van der Waals surface area contributed by atoms with Crippen LogP contribution < -0.4 is 4.74 Å². The first-order valence-electron chi connectivity index (χ1n) is 8.70. The molecule has 27 heavy (non-hydrogen) atoms. The second-order valence-corrected chi connectivity index (χ2v) is 6.13. The molecule has 1 aliphatic heterocycles. The van der Waals surface area contributed by atoms with Gasteiger partial charge in [-0.15, -0.1) is 0 Å². The Morgan fingerprint density at radius 2 is 2.00 bits per heavy atom. The highest BCUT2D eigenvalue weighted by atomic mass is 16.5. The van der Waals surface area contributed by atoms with Crippen LogP contribution in [0.1, 0.15) is 10.4 Å². The average Bonchev–Trinajstić information content (AvgIpc) is 3.28. The molecule has 1 atom stereocenters. The maximum absolute atomic E-state index is 12.8. The lowest BCUT2D eigenvalue weighted by molar-refractivity contribution is -0.0413. The second-order valence-electron chi connectivity index (χ2n) is 6.13. The van der Waals surface area contributed by atoms with Gasteiger partial charge in [-0.3, -0.25) is 9.89 Å². The molecule has 1 unspecified atom stereocenters. The van der Waals surface area contributed by atoms with Gasteiger partial charge in [-0.05, 0) is 29.8 Å². The van der Waals surface area contributed by atoms with E-state index in [0.29, 0.717) is 37.9 Å². The number of ether oxygens (including phenoxy) is 2. The van der Waals surface area contributed by atoms with Crippen molar-refractivity contribution >= 4 is 5.91 Å². The molecule has 1 aromatic carbocycles. The fourth-order valence-electron chi connectivity index (χ4n) is 2.92. The number of nitrogens with one attached hydrogen (secondary N) is 1. The molecule has 138 valence electrons. The van der Waals surface area contributed by atoms with Gasteiger partial charge in [0.1, 0.15) is 12.7 Å². The van der Waals surface area contributed by atoms with E-state index in [-0.39, 0.29) is 12.0 Å². The number of hydrogen-bond donors (Lipinski definition) is 1. The van der Waals surface area contributed by atoms with Gasteiger partial charge in [-0.1, -0.05) is 12.1 Å². The summed E-state index contributed by atoms with van der Waals surface area (Å²) in [5, 5.41) is 6.86. The Bertz CT molecular complexity index is 868. The van der Waals surface area contributed by atoms with E-state index in [9.17, 15) is 4.79 Å². The molecule has 1 fully saturated rings. The highest BCUT2D eigenvalue weighted by Gasteiger charge is 2.25. The van der Waals surface area contributed by atoms with Gasteiger partial charge in [0.2, 0.25) is 0 Å². The fourth-order valence-corrected chi connectivity index (χ4v) is 2.92. The van der Waals surface area contributed by atoms with Crippen LogP contribution in [-0.2, 0) is 4.74 Å². The molecule has 8 heteroatoms. The van der Waals surface area contributed by atoms with Crippen LogP contribution in [0.3, 0.4) is 0 Å². The first-order valence-corrected chi connectivity index (χ1v) is 8.70. The van der Waals surface area contributed by atoms with Crippen molar-refractivity contribution in [2.45, 2.75) is 6.10 Å². The minimum absolute atomic E-state index is 0.0181. The van der Waals surface area contributed by atoms with Crippen molar-refractivity contribution in [1.82, 2.24) is 25.1 Å². The van der Waals surface area contributed by atoms with E-state index in [0.717, 1.165) is 11.3 Å². The van der Waals surface area contributed by atoms with E-state index in [4.69, 9.17) is 9.47 Å². The highest BCUT2D eigenvalue weighted by Crippen LogP contribution is 2.18. The monoisotopic (exact) mass is 365 g/mol. The van der Waals surface area contributed by atoms with Crippen LogP contribution in [0.4, 0.5) is 0 Å². The fraction of sp³-hybridized carbons (Fsp3) is 0.263. The van der Waals surface area contributed by atoms with Crippen LogP contribution in [0.5, 0.6) is 6.01 Å². The SMILES string of the molecule is O=C(c1ccc(-c2ccn[nH]2)cc1)N1CCOC(COc2ncccn2)C1. The second kappa shape index (κ2) is 7.96. The Kier molecular flexibility index (Phi) is 5.06. The summed E-state index contributed by atoms with van der Waals surface area (Å²) < 4.78 is 11.2. The Hall–Kier alpha value is -3.26. The molecule has 2 aromatic heterocycles. The van der Waals surface area contributed by atoms with Crippen molar-refractivity contribution in [2.24, 2.45) is 0 Å². The molecule has 3 aromatic rings. The first-order chi connectivity index (χ1) is 13.3. The maximum atomic E-state index is 12.8. The highest BCUT2D eigenvalue weighted by molar-refractivity contribution is 5.94. The van der Waals surface area contributed by atoms with E-state index >= 15 is 0 Å². The Labute approximate surface area is 156 Å². The molecule has 0 bridgehead atoms. The first kappa shape index (κ1) is 17.2. The lowest BCUT2D eigenvalue weighted by Crippen LogP contribution is -2.47. The molecular formula is C19H19N5O3. The number of H-pyrrole nitrogens is 1. The Morgan fingerprint density at radius 1 is 1.19 bits per heavy atom. The number of benzene rings is 1. The number of carbonyl (C=O) groups excluding carboxylic acids is 1. The van der Waals surface area contributed by atoms with Crippen LogP contribution >= 0.6 is 0 Å². The van der Waals surface area contributed by atoms with E-state index < -0.39 is 0 Å². The minimum atomic E-state index is -0.212. The van der Waals surface area contributed by atoms with Crippen LogP contribution in [0, 0.1) is 0 Å². The number of rotatable bonds is 5. The summed E-state index contributed by atoms with van der Waals surface area (Å²) in [6.45, 7) is 1.79. The van der Waals surface area contributed by atoms with Crippen LogP contribution in [0.15, 0.2) is 55.0 Å². The van der Waals surface area contributed by atoms with Gasteiger partial charge in [-0.2, -0.15) is 5.10 Å². The molecule has 0 radical (unpaired) electrons. The molecule has 1 amide bonds. The summed E-state index contributed by atoms with van der Waals surface area (Å²) >= 11 is 0. The number of aromatic nitrogens is 4. The number of nitrogens with zero attached hydrogens (tertiary/aromatic N) is 4. The average molecular weight is 365 g/mol. The number of carbonyl (C=O) groups is 1. The van der Waals surface area contributed by atoms with Crippen molar-refractivity contribution < 1.29 is 14.3 Å². The third-order valence-corrected chi connectivity index (χ3v) is 4.31. The lowest BCUT2D eigenvalue weighted by Gasteiger charge is -2.32. The topological polar surface area (TPSA) is 93.2 Å². The van der Waals surface area contributed by atoms with E-state index in [1.165, 1.54) is 0 Å². The van der Waals surface area contributed by atoms with Crippen molar-refractivity contribution in [2.75, 3.05) is 26.3 Å². The van der Waals surface area contributed by atoms with Gasteiger partial charge in [0, 0.05) is 30.7 Å². The number of amides is 1. The summed E-state index contributed by atoms with van der Waals surface area (Å²) in [4.78, 5) is 22.6. The quantitative estimate of drug-likeness (QED) is 0.741. The van der Waals surface area contributed by atoms with Crippen molar-refractivity contribution in [3.63, 3.8) is 0 Å². The van der Waals surface area contributed by atoms with Gasteiger partial charge >= 0.3 is 6.01 Å². The largest absolute Gasteiger partial charge is 0.461 e. The Balaban J connectivity index is 1.36. The molecular weight excluding hydrogens is 346 g/mol. The standard InChI is InChI=1S/C19H19N5O3/c25-18(15-4-2-14(3-5-15)17-6-9-22-23-17)24-10-11-26-16(12-24)13-27-19-20-7-1-8-21-19/h1-9,16H,10-13H2,(H,22,23). The maximum Gasteiger partial charge on any atom is 0.316 e. The van der Waals surface area contributed by atoms with Gasteiger partial charge in [-0.25, -0.2) is 9.97 Å². The predicted octanol–water partition coefficient (Wildman–Crippen LogP) is 1.79. The van der Waals surface area contributed by atoms with Crippen molar-refractivity contribution in [1.29, 1.82) is 0 Å². The van der Waals surface area contributed by atoms with Crippen molar-refractivity contribution in [3.8, 4) is 17.3 Å². The Morgan fingerprint density at radius 3 is 2.74 bits per heavy atom. The number of hydrogen-bond acceptors (Lipinski definition) is 6. The summed E-state index contributed by atoms with van der Waals surface area (Å²) in [6.07, 6.45) is 4.72. The molecule has 3 heterocycles. The predicted molar refractivity (Wildman–Crippen MR) is 97.2 cm³/mol. The molecule has 1 aliphatic rings. The smallest absolute Gasteiger partial charge is 0.316 e. The summed E-state index contributed by atoms with van der Waals surface area (Å²) in [5.41, 5.74) is 2.55. The van der Waals surface area contributed by atoms with E-state index in [1.54, 1.807) is 29.6 Å². The normalized spacial score (nSPS) is 16.9. The molecule has 1 saturated heterocycles. The van der Waals surface area contributed by atoms with Crippen LogP contribution in [0.2, 0.25) is 0 Å². The molecule has 0 saturated carbocycles. The third kappa shape index (κ3) is 4.12. The zero-order valence-electron chi connectivity index (χ0n) is 14.6. The summed E-state index contributed by atoms with van der Waals surface area (Å²) in [6, 6.07) is 11.4. The zero-order valence-corrected chi connectivity index (χ0v) is 14.6. The lowest BCUT2D eigenvalue weighted by atomic mass is 10.1. The van der Waals surface area contributed by atoms with Gasteiger partial charge in [0.15, 0.2) is 0 Å². The van der Waals surface area contributed by atoms with E-state index in [2.05, 4.69) is 20.2 Å². The minimum Gasteiger partial charge on any atom is -0.461 e. The van der Waals surface area contributed by atoms with E-state index in [1.807, 2.05) is 30.3 Å². The van der Waals surface area contributed by atoms with Crippen LogP contribution in [0.25, 0.3) is 11.3 Å². The summed E-state index contributed by atoms with van der Waals surface area (Å²) in [7, 11) is 0. The zero-order chi connectivity index (χ0) is 18.5. The van der Waals surface area contributed by atoms with Gasteiger partial charge in [0.25, 0.3) is 5.91 Å². The molecule has 8 nitrogen and oxygen atoms in total. The molecule has 4 rings (SSSR count). The molecule has 0 aliphatic carbocycles. The number of morpholine rings is 1. The van der Waals surface area contributed by atoms with Crippen LogP contribution in [-0.4, -0.2) is 63.4 Å². The molecule has 0 spiro atoms.